The Morgan fingerprint density at radius 1 is 1.04 bits per heavy atom. The third kappa shape index (κ3) is 5.09. The SMILES string of the molecule is O=C(O)c1ccc(CNC(=O)C2CCCN(C(=O)Nc3ccccc3)C2)cc1. The molecule has 0 bridgehead atoms. The smallest absolute Gasteiger partial charge is 0.335 e. The number of para-hydroxylation sites is 1. The van der Waals surface area contributed by atoms with Crippen LogP contribution >= 0.6 is 0 Å². The van der Waals surface area contributed by atoms with Crippen molar-refractivity contribution in [2.45, 2.75) is 19.4 Å². The number of nitrogens with zero attached hydrogens (tertiary/aromatic N) is 1. The van der Waals surface area contributed by atoms with E-state index < -0.39 is 5.97 Å². The maximum Gasteiger partial charge on any atom is 0.335 e. The second-order valence-electron chi connectivity index (χ2n) is 6.80. The number of carbonyl (C=O) groups is 3. The van der Waals surface area contributed by atoms with E-state index in [1.165, 1.54) is 12.1 Å². The van der Waals surface area contributed by atoms with E-state index in [-0.39, 0.29) is 23.4 Å². The van der Waals surface area contributed by atoms with Gasteiger partial charge in [0.1, 0.15) is 0 Å². The molecule has 1 heterocycles. The van der Waals surface area contributed by atoms with Crippen molar-refractivity contribution in [1.82, 2.24) is 10.2 Å². The highest BCUT2D eigenvalue weighted by Crippen LogP contribution is 2.18. The van der Waals surface area contributed by atoms with Crippen LogP contribution in [-0.2, 0) is 11.3 Å². The van der Waals surface area contributed by atoms with Gasteiger partial charge in [-0.3, -0.25) is 4.79 Å². The zero-order valence-electron chi connectivity index (χ0n) is 15.4. The molecule has 0 radical (unpaired) electrons. The molecule has 3 N–H and O–H groups in total. The maximum absolute atomic E-state index is 12.5. The quantitative estimate of drug-likeness (QED) is 0.741. The number of carbonyl (C=O) groups excluding carboxylic acids is 2. The number of piperidine rings is 1. The van der Waals surface area contributed by atoms with Crippen LogP contribution in [0.25, 0.3) is 0 Å². The van der Waals surface area contributed by atoms with E-state index in [1.807, 2.05) is 30.3 Å². The number of aromatic carboxylic acids is 1. The minimum absolute atomic E-state index is 0.0977. The van der Waals surface area contributed by atoms with Gasteiger partial charge in [0.25, 0.3) is 0 Å². The second kappa shape index (κ2) is 9.03. The van der Waals surface area contributed by atoms with Crippen molar-refractivity contribution in [2.75, 3.05) is 18.4 Å². The number of benzene rings is 2. The summed E-state index contributed by atoms with van der Waals surface area (Å²) in [5.41, 5.74) is 1.76. The molecule has 7 nitrogen and oxygen atoms in total. The molecule has 0 saturated carbocycles. The van der Waals surface area contributed by atoms with Gasteiger partial charge in [-0.1, -0.05) is 30.3 Å². The topological polar surface area (TPSA) is 98.7 Å². The summed E-state index contributed by atoms with van der Waals surface area (Å²) in [5, 5.41) is 14.7. The molecule has 3 rings (SSSR count). The molecule has 1 aliphatic heterocycles. The maximum atomic E-state index is 12.5. The van der Waals surface area contributed by atoms with Crippen LogP contribution in [0.2, 0.25) is 0 Å². The third-order valence-electron chi connectivity index (χ3n) is 4.77. The van der Waals surface area contributed by atoms with Crippen molar-refractivity contribution in [3.63, 3.8) is 0 Å². The lowest BCUT2D eigenvalue weighted by Crippen LogP contribution is -2.46. The fourth-order valence-corrected chi connectivity index (χ4v) is 3.20. The molecular weight excluding hydrogens is 358 g/mol. The first kappa shape index (κ1) is 19.4. The molecule has 1 atom stereocenters. The van der Waals surface area contributed by atoms with Crippen LogP contribution < -0.4 is 10.6 Å². The normalized spacial score (nSPS) is 16.3. The molecule has 1 fully saturated rings. The first-order chi connectivity index (χ1) is 13.5. The fourth-order valence-electron chi connectivity index (χ4n) is 3.20. The van der Waals surface area contributed by atoms with Gasteiger partial charge in [-0.05, 0) is 42.7 Å². The van der Waals surface area contributed by atoms with Gasteiger partial charge in [-0.15, -0.1) is 0 Å². The Hall–Kier alpha value is -3.35. The third-order valence-corrected chi connectivity index (χ3v) is 4.77. The Morgan fingerprint density at radius 2 is 1.75 bits per heavy atom. The van der Waals surface area contributed by atoms with Crippen molar-refractivity contribution in [1.29, 1.82) is 0 Å². The van der Waals surface area contributed by atoms with Crippen LogP contribution in [0.5, 0.6) is 0 Å². The van der Waals surface area contributed by atoms with Crippen LogP contribution in [0.4, 0.5) is 10.5 Å². The number of rotatable bonds is 5. The lowest BCUT2D eigenvalue weighted by atomic mass is 9.97. The Kier molecular flexibility index (Phi) is 6.26. The molecule has 1 aliphatic rings. The van der Waals surface area contributed by atoms with Crippen LogP contribution in [0.15, 0.2) is 54.6 Å². The molecule has 1 saturated heterocycles. The molecule has 0 aromatic heterocycles. The largest absolute Gasteiger partial charge is 0.478 e. The Labute approximate surface area is 163 Å². The van der Waals surface area contributed by atoms with Gasteiger partial charge < -0.3 is 20.6 Å². The molecule has 146 valence electrons. The summed E-state index contributed by atoms with van der Waals surface area (Å²) in [6.45, 7) is 1.33. The van der Waals surface area contributed by atoms with Gasteiger partial charge in [-0.2, -0.15) is 0 Å². The zero-order valence-corrected chi connectivity index (χ0v) is 15.4. The molecule has 3 amide bonds. The number of anilines is 1. The first-order valence-electron chi connectivity index (χ1n) is 9.24. The Morgan fingerprint density at radius 3 is 2.43 bits per heavy atom. The summed E-state index contributed by atoms with van der Waals surface area (Å²) in [7, 11) is 0. The molecule has 2 aromatic carbocycles. The Bertz CT molecular complexity index is 836. The van der Waals surface area contributed by atoms with Gasteiger partial charge in [0.15, 0.2) is 0 Å². The second-order valence-corrected chi connectivity index (χ2v) is 6.80. The summed E-state index contributed by atoms with van der Waals surface area (Å²) in [6, 6.07) is 15.4. The van der Waals surface area contributed by atoms with Crippen molar-refractivity contribution in [3.05, 3.63) is 65.7 Å². The van der Waals surface area contributed by atoms with E-state index in [9.17, 15) is 14.4 Å². The highest BCUT2D eigenvalue weighted by molar-refractivity contribution is 5.90. The fraction of sp³-hybridized carbons (Fsp3) is 0.286. The summed E-state index contributed by atoms with van der Waals surface area (Å²) >= 11 is 0. The van der Waals surface area contributed by atoms with Gasteiger partial charge in [-0.25, -0.2) is 9.59 Å². The lowest BCUT2D eigenvalue weighted by Gasteiger charge is -2.32. The number of hydrogen-bond donors (Lipinski definition) is 3. The van der Waals surface area contributed by atoms with Crippen molar-refractivity contribution in [3.8, 4) is 0 Å². The highest BCUT2D eigenvalue weighted by atomic mass is 16.4. The number of carboxylic acid groups (broad SMARTS) is 1. The minimum Gasteiger partial charge on any atom is -0.478 e. The van der Waals surface area contributed by atoms with Gasteiger partial charge in [0, 0.05) is 25.3 Å². The van der Waals surface area contributed by atoms with Crippen molar-refractivity contribution >= 4 is 23.6 Å². The summed E-state index contributed by atoms with van der Waals surface area (Å²) in [6.07, 6.45) is 1.51. The number of amides is 3. The summed E-state index contributed by atoms with van der Waals surface area (Å²) in [4.78, 5) is 37.5. The van der Waals surface area contributed by atoms with E-state index >= 15 is 0 Å². The van der Waals surface area contributed by atoms with E-state index in [2.05, 4.69) is 10.6 Å². The van der Waals surface area contributed by atoms with E-state index in [1.54, 1.807) is 17.0 Å². The predicted molar refractivity (Wildman–Crippen MR) is 105 cm³/mol. The summed E-state index contributed by atoms with van der Waals surface area (Å²) in [5.74, 6) is -1.33. The molecular formula is C21H23N3O4. The lowest BCUT2D eigenvalue weighted by molar-refractivity contribution is -0.126. The molecule has 7 heteroatoms. The van der Waals surface area contributed by atoms with Crippen LogP contribution in [0.3, 0.4) is 0 Å². The first-order valence-corrected chi connectivity index (χ1v) is 9.24. The predicted octanol–water partition coefficient (Wildman–Crippen LogP) is 2.95. The van der Waals surface area contributed by atoms with Crippen molar-refractivity contribution in [2.24, 2.45) is 5.92 Å². The van der Waals surface area contributed by atoms with Gasteiger partial charge in [0.2, 0.25) is 5.91 Å². The number of carboxylic acids is 1. The molecule has 0 spiro atoms. The molecule has 0 aliphatic carbocycles. The van der Waals surface area contributed by atoms with Crippen LogP contribution in [0.1, 0.15) is 28.8 Å². The molecule has 2 aromatic rings. The van der Waals surface area contributed by atoms with Crippen molar-refractivity contribution < 1.29 is 19.5 Å². The van der Waals surface area contributed by atoms with Crippen LogP contribution in [0, 0.1) is 5.92 Å². The number of urea groups is 1. The molecule has 1 unspecified atom stereocenters. The number of nitrogens with one attached hydrogen (secondary N) is 2. The standard InChI is InChI=1S/C21H23N3O4/c25-19(22-13-15-8-10-16(11-9-15)20(26)27)17-5-4-12-24(14-17)21(28)23-18-6-2-1-3-7-18/h1-3,6-11,17H,4-5,12-14H2,(H,22,25)(H,23,28)(H,26,27). The zero-order chi connectivity index (χ0) is 19.9. The monoisotopic (exact) mass is 381 g/mol. The van der Waals surface area contributed by atoms with E-state index in [4.69, 9.17) is 5.11 Å². The Balaban J connectivity index is 1.51. The summed E-state index contributed by atoms with van der Waals surface area (Å²) < 4.78 is 0. The molecule has 28 heavy (non-hydrogen) atoms. The van der Waals surface area contributed by atoms with E-state index in [0.717, 1.165) is 24.1 Å². The number of hydrogen-bond acceptors (Lipinski definition) is 3. The van der Waals surface area contributed by atoms with Gasteiger partial charge in [0.05, 0.1) is 11.5 Å². The van der Waals surface area contributed by atoms with Gasteiger partial charge >= 0.3 is 12.0 Å². The highest BCUT2D eigenvalue weighted by Gasteiger charge is 2.28. The van der Waals surface area contributed by atoms with Crippen LogP contribution in [-0.4, -0.2) is 41.0 Å². The minimum atomic E-state index is -0.980. The number of likely N-dealkylation sites (tertiary alicyclic amines) is 1. The average Bonchev–Trinajstić information content (AvgIpc) is 2.73. The van der Waals surface area contributed by atoms with E-state index in [0.29, 0.717) is 19.6 Å². The average molecular weight is 381 g/mol.